The Morgan fingerprint density at radius 2 is 2.05 bits per heavy atom. The van der Waals surface area contributed by atoms with Gasteiger partial charge in [0, 0.05) is 11.0 Å². The van der Waals surface area contributed by atoms with Crippen LogP contribution in [0.3, 0.4) is 0 Å². The van der Waals surface area contributed by atoms with Crippen LogP contribution < -0.4 is 10.6 Å². The van der Waals surface area contributed by atoms with Gasteiger partial charge in [0.2, 0.25) is 11.8 Å². The number of nitrogens with zero attached hydrogens (tertiary/aromatic N) is 3. The minimum Gasteiger partial charge on any atom is -0.477 e. The number of anilines is 1. The van der Waals surface area contributed by atoms with E-state index < -0.39 is 64.9 Å². The highest BCUT2D eigenvalue weighted by Crippen LogP contribution is 2.43. The number of aromatic nitrogens is 1. The van der Waals surface area contributed by atoms with Gasteiger partial charge in [-0.1, -0.05) is 5.16 Å². The number of fused-ring (bicyclic) bond motifs is 1. The Hall–Kier alpha value is -3.50. The molecule has 2 atom stereocenters. The molecule has 0 spiro atoms. The zero-order valence-electron chi connectivity index (χ0n) is 19.3. The van der Waals surface area contributed by atoms with Crippen molar-refractivity contribution in [3.05, 3.63) is 22.3 Å². The average molecular weight is 574 g/mol. The van der Waals surface area contributed by atoms with E-state index in [-0.39, 0.29) is 34.4 Å². The van der Waals surface area contributed by atoms with Gasteiger partial charge in [0.1, 0.15) is 48.6 Å². The van der Waals surface area contributed by atoms with Crippen molar-refractivity contribution in [2.45, 2.75) is 30.5 Å². The first-order valence-corrected chi connectivity index (χ1v) is 12.7. The second kappa shape index (κ2) is 12.2. The normalized spacial score (nSPS) is 18.9. The summed E-state index contributed by atoms with van der Waals surface area (Å²) in [5.74, 6) is -4.88. The zero-order valence-corrected chi connectivity index (χ0v) is 21.7. The van der Waals surface area contributed by atoms with Crippen LogP contribution in [0.2, 0.25) is 0 Å². The van der Waals surface area contributed by atoms with E-state index in [9.17, 15) is 33.9 Å². The van der Waals surface area contributed by atoms with Gasteiger partial charge in [0.25, 0.3) is 5.91 Å². The number of carbonyl (C=O) groups is 6. The van der Waals surface area contributed by atoms with Gasteiger partial charge < -0.3 is 25.3 Å². The predicted octanol–water partition coefficient (Wildman–Crippen LogP) is 0.279. The Morgan fingerprint density at radius 1 is 1.32 bits per heavy atom. The molecule has 1 unspecified atom stereocenters. The molecule has 2 aliphatic heterocycles. The summed E-state index contributed by atoms with van der Waals surface area (Å²) in [5, 5.41) is 18.5. The number of halogens is 1. The van der Waals surface area contributed by atoms with E-state index in [1.807, 2.05) is 0 Å². The van der Waals surface area contributed by atoms with Crippen LogP contribution >= 0.6 is 34.7 Å². The monoisotopic (exact) mass is 573 g/mol. The lowest BCUT2D eigenvalue weighted by atomic mass is 10.1. The summed E-state index contributed by atoms with van der Waals surface area (Å²) in [6.07, 6.45) is -0.484. The predicted molar refractivity (Wildman–Crippen MR) is 131 cm³/mol. The summed E-state index contributed by atoms with van der Waals surface area (Å²) in [7, 11) is 1.20. The minimum atomic E-state index is -1.46. The van der Waals surface area contributed by atoms with Crippen LogP contribution in [-0.2, 0) is 38.3 Å². The molecule has 17 heteroatoms. The van der Waals surface area contributed by atoms with Crippen molar-refractivity contribution in [3.63, 3.8) is 0 Å². The third-order valence-electron chi connectivity index (χ3n) is 4.82. The number of carboxylic acids is 1. The van der Waals surface area contributed by atoms with Crippen molar-refractivity contribution >= 4 is 81.0 Å². The molecule has 0 saturated carbocycles. The lowest BCUT2D eigenvalue weighted by molar-refractivity contribution is -0.147. The number of aliphatic carboxylic acids is 1. The molecule has 14 nitrogen and oxygen atoms in total. The van der Waals surface area contributed by atoms with E-state index >= 15 is 0 Å². The lowest BCUT2D eigenvalue weighted by Crippen LogP contribution is -2.58. The van der Waals surface area contributed by atoms with Crippen LogP contribution in [0.1, 0.15) is 25.5 Å². The van der Waals surface area contributed by atoms with Gasteiger partial charge in [-0.3, -0.25) is 28.9 Å². The maximum Gasteiger partial charge on any atom is 0.352 e. The molecule has 0 aliphatic carbocycles. The van der Waals surface area contributed by atoms with Crippen molar-refractivity contribution < 1.29 is 43.4 Å². The van der Waals surface area contributed by atoms with E-state index in [0.717, 1.165) is 28.0 Å². The molecule has 2 aliphatic rings. The fourth-order valence-corrected chi connectivity index (χ4v) is 5.47. The largest absolute Gasteiger partial charge is 0.477 e. The molecule has 0 radical (unpaired) electrons. The first-order chi connectivity index (χ1) is 17.5. The van der Waals surface area contributed by atoms with Crippen molar-refractivity contribution in [1.29, 1.82) is 0 Å². The van der Waals surface area contributed by atoms with Crippen LogP contribution in [0.15, 0.2) is 21.8 Å². The molecule has 0 aromatic carbocycles. The quantitative estimate of drug-likeness (QED) is 0.0821. The Morgan fingerprint density at radius 3 is 2.65 bits per heavy atom. The number of thioether (sulfide) groups is 1. The summed E-state index contributed by atoms with van der Waals surface area (Å²) in [5.41, 5.74) is -0.738. The number of ketones is 1. The summed E-state index contributed by atoms with van der Waals surface area (Å²) in [4.78, 5) is 81.9. The highest BCUT2D eigenvalue weighted by Gasteiger charge is 2.49. The standard InChI is InChI=1S/C20H20ClN5O9S2/c1-8(27)3-14(30)35-6-9-16(19(32)33)26-12(29)4-13(26)37-18(9)24-17(31)15(25-34-2)10-7-36-20(22-10)23-11(28)5-21/h7,13,18H,3-6H2,1-2H3,(H,24,31)(H,32,33)(H,22,23,28)/b25-15-/t13-,18?/m0/s1. The number of carbonyl (C=O) groups excluding carboxylic acids is 5. The van der Waals surface area contributed by atoms with E-state index in [0.29, 0.717) is 0 Å². The van der Waals surface area contributed by atoms with E-state index in [1.165, 1.54) is 19.4 Å². The Kier molecular flexibility index (Phi) is 9.23. The topological polar surface area (TPSA) is 194 Å². The van der Waals surface area contributed by atoms with Crippen LogP contribution in [0.25, 0.3) is 0 Å². The molecule has 3 heterocycles. The number of nitrogens with one attached hydrogen (secondary N) is 2. The number of rotatable bonds is 11. The summed E-state index contributed by atoms with van der Waals surface area (Å²) >= 11 is 7.54. The van der Waals surface area contributed by atoms with Crippen molar-refractivity contribution in [2.75, 3.05) is 24.9 Å². The number of hydrogen-bond donors (Lipinski definition) is 3. The van der Waals surface area contributed by atoms with Crippen molar-refractivity contribution in [2.24, 2.45) is 5.16 Å². The van der Waals surface area contributed by atoms with Crippen LogP contribution in [0.4, 0.5) is 5.13 Å². The molecule has 37 heavy (non-hydrogen) atoms. The number of β-lactam (4-membered cyclic amide) rings is 1. The number of oxime groups is 1. The van der Waals surface area contributed by atoms with Gasteiger partial charge in [0.15, 0.2) is 10.8 Å². The molecular formula is C20H20ClN5O9S2. The fraction of sp³-hybridized carbons (Fsp3) is 0.400. The van der Waals surface area contributed by atoms with Gasteiger partial charge in [0.05, 0.1) is 11.8 Å². The highest BCUT2D eigenvalue weighted by molar-refractivity contribution is 8.00. The Labute approximate surface area is 222 Å². The van der Waals surface area contributed by atoms with Crippen LogP contribution in [-0.4, -0.2) is 86.5 Å². The molecule has 1 aromatic heterocycles. The van der Waals surface area contributed by atoms with Gasteiger partial charge in [-0.2, -0.15) is 0 Å². The van der Waals surface area contributed by atoms with Crippen LogP contribution in [0, 0.1) is 0 Å². The molecule has 1 saturated heterocycles. The van der Waals surface area contributed by atoms with E-state index in [4.69, 9.17) is 21.2 Å². The van der Waals surface area contributed by atoms with Gasteiger partial charge >= 0.3 is 11.9 Å². The minimum absolute atomic E-state index is 0.0416. The third kappa shape index (κ3) is 6.64. The molecule has 3 amide bonds. The Bertz CT molecular complexity index is 1210. The molecule has 3 N–H and O–H groups in total. The Balaban J connectivity index is 1.88. The summed E-state index contributed by atoms with van der Waals surface area (Å²) in [6.45, 7) is 0.595. The van der Waals surface area contributed by atoms with Gasteiger partial charge in [-0.25, -0.2) is 9.78 Å². The zero-order chi connectivity index (χ0) is 27.3. The molecule has 3 rings (SSSR count). The second-order valence-corrected chi connectivity index (χ2v) is 9.89. The highest BCUT2D eigenvalue weighted by atomic mass is 35.5. The van der Waals surface area contributed by atoms with E-state index in [2.05, 4.69) is 20.8 Å². The first-order valence-electron chi connectivity index (χ1n) is 10.4. The molecule has 198 valence electrons. The number of alkyl halides is 1. The molecule has 0 bridgehead atoms. The summed E-state index contributed by atoms with van der Waals surface area (Å²) in [6, 6.07) is 0. The third-order valence-corrected chi connectivity index (χ3v) is 7.19. The maximum atomic E-state index is 13.2. The average Bonchev–Trinajstić information content (AvgIpc) is 3.27. The smallest absolute Gasteiger partial charge is 0.352 e. The fourth-order valence-electron chi connectivity index (χ4n) is 3.28. The van der Waals surface area contributed by atoms with Crippen molar-refractivity contribution in [3.8, 4) is 0 Å². The molecular weight excluding hydrogens is 554 g/mol. The summed E-state index contributed by atoms with van der Waals surface area (Å²) < 4.78 is 5.07. The first kappa shape index (κ1) is 28.1. The molecule has 1 fully saturated rings. The number of hydrogen-bond acceptors (Lipinski definition) is 12. The number of thiazole rings is 1. The number of amides is 3. The number of Topliss-reactive ketones (excluding diaryl/α,β-unsaturated/α-hetero) is 1. The SMILES string of the molecule is CO/N=C(\C(=O)NC1S[C@H]2CC(=O)N2C(C(=O)O)=C1COC(=O)CC(C)=O)c1csc(NC(=O)CCl)n1. The van der Waals surface area contributed by atoms with E-state index in [1.54, 1.807) is 0 Å². The van der Waals surface area contributed by atoms with Crippen molar-refractivity contribution in [1.82, 2.24) is 15.2 Å². The number of ether oxygens (including phenoxy) is 1. The molecule has 1 aromatic rings. The van der Waals surface area contributed by atoms with Crippen LogP contribution in [0.5, 0.6) is 0 Å². The second-order valence-electron chi connectivity index (χ2n) is 7.47. The van der Waals surface area contributed by atoms with Gasteiger partial charge in [-0.05, 0) is 6.92 Å². The van der Waals surface area contributed by atoms with Gasteiger partial charge in [-0.15, -0.1) is 34.7 Å². The lowest BCUT2D eigenvalue weighted by Gasteiger charge is -2.46. The number of esters is 1. The number of carboxylic acid groups (broad SMARTS) is 1. The maximum absolute atomic E-state index is 13.2.